The maximum Gasteiger partial charge on any atom is 0.323 e. The summed E-state index contributed by atoms with van der Waals surface area (Å²) in [4.78, 5) is 15.9. The van der Waals surface area contributed by atoms with Crippen LogP contribution in [0.3, 0.4) is 0 Å². The van der Waals surface area contributed by atoms with Crippen molar-refractivity contribution in [2.24, 2.45) is 0 Å². The van der Waals surface area contributed by atoms with E-state index in [2.05, 4.69) is 9.80 Å². The van der Waals surface area contributed by atoms with Crippen molar-refractivity contribution >= 4 is 11.7 Å². The molecule has 0 aliphatic carbocycles. The summed E-state index contributed by atoms with van der Waals surface area (Å²) in [6.45, 7) is 3.84. The summed E-state index contributed by atoms with van der Waals surface area (Å²) in [5, 5.41) is 9.85. The van der Waals surface area contributed by atoms with E-state index in [4.69, 9.17) is 4.74 Å². The van der Waals surface area contributed by atoms with Gasteiger partial charge in [0.1, 0.15) is 11.8 Å². The Kier molecular flexibility index (Phi) is 3.29. The molecule has 5 nitrogen and oxygen atoms in total. The van der Waals surface area contributed by atoms with E-state index >= 15 is 0 Å². The Bertz CT molecular complexity index is 470. The smallest absolute Gasteiger partial charge is 0.323 e. The second-order valence-corrected chi connectivity index (χ2v) is 4.98. The number of para-hydroxylation sites is 2. The van der Waals surface area contributed by atoms with Crippen LogP contribution in [0.25, 0.3) is 0 Å². The number of hydrogen-bond donors (Lipinski definition) is 1. The molecule has 3 rings (SSSR count). The number of ether oxygens (including phenoxy) is 1. The van der Waals surface area contributed by atoms with Crippen LogP contribution < -0.4 is 4.90 Å². The van der Waals surface area contributed by atoms with E-state index in [1.807, 2.05) is 18.2 Å². The van der Waals surface area contributed by atoms with Crippen LogP contribution in [0.1, 0.15) is 6.42 Å². The van der Waals surface area contributed by atoms with Crippen LogP contribution in [0.2, 0.25) is 0 Å². The first kappa shape index (κ1) is 12.3. The molecule has 0 aromatic heterocycles. The third-order valence-corrected chi connectivity index (χ3v) is 3.89. The van der Waals surface area contributed by atoms with E-state index < -0.39 is 0 Å². The molecule has 19 heavy (non-hydrogen) atoms. The molecule has 5 heteroatoms. The van der Waals surface area contributed by atoms with Gasteiger partial charge in [-0.2, -0.15) is 0 Å². The van der Waals surface area contributed by atoms with E-state index in [1.165, 1.54) is 0 Å². The predicted octanol–water partition coefficient (Wildman–Crippen LogP) is 0.830. The molecule has 1 atom stereocenters. The van der Waals surface area contributed by atoms with Gasteiger partial charge in [0.25, 0.3) is 0 Å². The molecule has 1 aromatic carbocycles. The summed E-state index contributed by atoms with van der Waals surface area (Å²) >= 11 is 0. The number of rotatable bonds is 2. The molecule has 2 aliphatic rings. The van der Waals surface area contributed by atoms with E-state index in [-0.39, 0.29) is 12.0 Å². The zero-order valence-corrected chi connectivity index (χ0v) is 10.8. The number of carbonyl (C=O) groups is 1. The first-order valence-electron chi connectivity index (χ1n) is 6.69. The fourth-order valence-corrected chi connectivity index (χ4v) is 2.82. The number of piperazine rings is 1. The molecule has 0 radical (unpaired) electrons. The second-order valence-electron chi connectivity index (χ2n) is 4.98. The number of anilines is 1. The van der Waals surface area contributed by atoms with Gasteiger partial charge in [-0.1, -0.05) is 12.1 Å². The lowest BCUT2D eigenvalue weighted by Crippen LogP contribution is -2.51. The molecule has 2 saturated heterocycles. The summed E-state index contributed by atoms with van der Waals surface area (Å²) in [6.07, 6.45) is 0.801. The Labute approximate surface area is 112 Å². The van der Waals surface area contributed by atoms with Gasteiger partial charge in [0.05, 0.1) is 12.3 Å². The van der Waals surface area contributed by atoms with E-state index in [9.17, 15) is 9.90 Å². The minimum atomic E-state index is -0.0870. The number of carbonyl (C=O) groups excluding carboxylic acids is 1. The maximum absolute atomic E-state index is 11.6. The van der Waals surface area contributed by atoms with Gasteiger partial charge >= 0.3 is 5.97 Å². The third-order valence-electron chi connectivity index (χ3n) is 3.89. The van der Waals surface area contributed by atoms with Crippen LogP contribution in [0, 0.1) is 0 Å². The molecule has 0 amide bonds. The standard InChI is InChI=1S/C14H18N2O3/c17-13-4-2-1-3-11(13)15-6-8-16(9-7-15)12-5-10-19-14(12)18/h1-4,12,17H,5-10H2/t12-/m1/s1. The average molecular weight is 262 g/mol. The molecule has 0 bridgehead atoms. The van der Waals surface area contributed by atoms with Crippen molar-refractivity contribution in [2.45, 2.75) is 12.5 Å². The van der Waals surface area contributed by atoms with Crippen LogP contribution in [0.15, 0.2) is 24.3 Å². The van der Waals surface area contributed by atoms with Crippen LogP contribution in [-0.4, -0.2) is 54.8 Å². The summed E-state index contributed by atoms with van der Waals surface area (Å²) in [7, 11) is 0. The normalized spacial score (nSPS) is 24.5. The minimum absolute atomic E-state index is 0.0634. The first-order chi connectivity index (χ1) is 9.25. The second kappa shape index (κ2) is 5.09. The van der Waals surface area contributed by atoms with Gasteiger partial charge < -0.3 is 14.7 Å². The zero-order chi connectivity index (χ0) is 13.2. The van der Waals surface area contributed by atoms with Crippen LogP contribution in [0.4, 0.5) is 5.69 Å². The summed E-state index contributed by atoms with van der Waals surface area (Å²) in [6, 6.07) is 7.32. The van der Waals surface area contributed by atoms with Gasteiger partial charge in [-0.15, -0.1) is 0 Å². The molecule has 2 heterocycles. The Hall–Kier alpha value is -1.75. The summed E-state index contributed by atoms with van der Waals surface area (Å²) in [5.74, 6) is 0.229. The lowest BCUT2D eigenvalue weighted by molar-refractivity contribution is -0.142. The molecule has 1 aromatic rings. The van der Waals surface area contributed by atoms with Crippen molar-refractivity contribution in [1.82, 2.24) is 4.90 Å². The van der Waals surface area contributed by atoms with Crippen molar-refractivity contribution in [2.75, 3.05) is 37.7 Å². The van der Waals surface area contributed by atoms with Crippen LogP contribution in [0.5, 0.6) is 5.75 Å². The van der Waals surface area contributed by atoms with Gasteiger partial charge in [-0.05, 0) is 12.1 Å². The molecular weight excluding hydrogens is 244 g/mol. The van der Waals surface area contributed by atoms with Gasteiger partial charge in [0.2, 0.25) is 0 Å². The quantitative estimate of drug-likeness (QED) is 0.800. The van der Waals surface area contributed by atoms with Crippen molar-refractivity contribution in [3.05, 3.63) is 24.3 Å². The van der Waals surface area contributed by atoms with Gasteiger partial charge in [-0.3, -0.25) is 9.69 Å². The Balaban J connectivity index is 1.63. The van der Waals surface area contributed by atoms with Crippen molar-refractivity contribution in [1.29, 1.82) is 0 Å². The number of aromatic hydroxyl groups is 1. The van der Waals surface area contributed by atoms with Crippen LogP contribution >= 0.6 is 0 Å². The molecule has 0 spiro atoms. The average Bonchev–Trinajstić information content (AvgIpc) is 2.86. The fraction of sp³-hybridized carbons (Fsp3) is 0.500. The number of esters is 1. The topological polar surface area (TPSA) is 53.0 Å². The van der Waals surface area contributed by atoms with E-state index in [1.54, 1.807) is 6.07 Å². The Morgan fingerprint density at radius 2 is 1.89 bits per heavy atom. The number of phenolic OH excluding ortho intramolecular Hbond substituents is 1. The highest BCUT2D eigenvalue weighted by atomic mass is 16.5. The molecular formula is C14H18N2O3. The lowest BCUT2D eigenvalue weighted by atomic mass is 10.1. The SMILES string of the molecule is O=C1OCC[C@H]1N1CCN(c2ccccc2O)CC1. The Morgan fingerprint density at radius 3 is 2.53 bits per heavy atom. The molecule has 1 N–H and O–H groups in total. The number of nitrogens with zero attached hydrogens (tertiary/aromatic N) is 2. The molecule has 0 unspecified atom stereocenters. The molecule has 2 fully saturated rings. The number of hydrogen-bond acceptors (Lipinski definition) is 5. The summed E-state index contributed by atoms with van der Waals surface area (Å²) in [5.41, 5.74) is 0.871. The molecule has 2 aliphatic heterocycles. The number of phenols is 1. The van der Waals surface area contributed by atoms with E-state index in [0.717, 1.165) is 38.3 Å². The van der Waals surface area contributed by atoms with Crippen molar-refractivity contribution < 1.29 is 14.6 Å². The lowest BCUT2D eigenvalue weighted by Gasteiger charge is -2.37. The van der Waals surface area contributed by atoms with Crippen molar-refractivity contribution in [3.63, 3.8) is 0 Å². The van der Waals surface area contributed by atoms with Crippen LogP contribution in [-0.2, 0) is 9.53 Å². The van der Waals surface area contributed by atoms with Gasteiger partial charge in [-0.25, -0.2) is 0 Å². The molecule has 102 valence electrons. The highest BCUT2D eigenvalue weighted by Gasteiger charge is 2.34. The summed E-state index contributed by atoms with van der Waals surface area (Å²) < 4.78 is 5.02. The molecule has 0 saturated carbocycles. The fourth-order valence-electron chi connectivity index (χ4n) is 2.82. The van der Waals surface area contributed by atoms with Gasteiger partial charge in [0.15, 0.2) is 0 Å². The Morgan fingerprint density at radius 1 is 1.16 bits per heavy atom. The van der Waals surface area contributed by atoms with Crippen molar-refractivity contribution in [3.8, 4) is 5.75 Å². The highest BCUT2D eigenvalue weighted by molar-refractivity contribution is 5.77. The predicted molar refractivity (Wildman–Crippen MR) is 71.3 cm³/mol. The third kappa shape index (κ3) is 2.38. The van der Waals surface area contributed by atoms with Gasteiger partial charge in [0, 0.05) is 32.6 Å². The highest BCUT2D eigenvalue weighted by Crippen LogP contribution is 2.28. The first-order valence-corrected chi connectivity index (χ1v) is 6.69. The number of cyclic esters (lactones) is 1. The monoisotopic (exact) mass is 262 g/mol. The largest absolute Gasteiger partial charge is 0.506 e. The minimum Gasteiger partial charge on any atom is -0.506 e. The maximum atomic E-state index is 11.6. The van der Waals surface area contributed by atoms with E-state index in [0.29, 0.717) is 12.4 Å². The number of benzene rings is 1. The zero-order valence-electron chi connectivity index (χ0n) is 10.8.